The van der Waals surface area contributed by atoms with Crippen LogP contribution in [0, 0.1) is 5.92 Å². The molecular formula is C11H16F4O5S. The number of carbonyl (C=O) groups is 1. The van der Waals surface area contributed by atoms with E-state index >= 15 is 0 Å². The van der Waals surface area contributed by atoms with Gasteiger partial charge in [-0.3, -0.25) is 4.79 Å². The van der Waals surface area contributed by atoms with Crippen LogP contribution in [0.25, 0.3) is 0 Å². The highest BCUT2D eigenvalue weighted by atomic mass is 32.2. The number of hydrogen-bond acceptors (Lipinski definition) is 5. The van der Waals surface area contributed by atoms with Gasteiger partial charge in [0.2, 0.25) is 10.7 Å². The van der Waals surface area contributed by atoms with Gasteiger partial charge in [-0.2, -0.15) is 17.6 Å². The molecule has 1 N–H and O–H groups in total. The van der Waals surface area contributed by atoms with Crippen LogP contribution in [0.5, 0.6) is 0 Å². The maximum Gasteiger partial charge on any atom is 0.404 e. The fourth-order valence-corrected chi connectivity index (χ4v) is 2.37. The van der Waals surface area contributed by atoms with Crippen molar-refractivity contribution >= 4 is 16.7 Å². The maximum absolute atomic E-state index is 13.0. The van der Waals surface area contributed by atoms with E-state index in [-0.39, 0.29) is 0 Å². The van der Waals surface area contributed by atoms with Gasteiger partial charge in [0.25, 0.3) is 0 Å². The van der Waals surface area contributed by atoms with Gasteiger partial charge in [0.05, 0.1) is 25.0 Å². The van der Waals surface area contributed by atoms with Crippen molar-refractivity contribution in [3.05, 3.63) is 0 Å². The van der Waals surface area contributed by atoms with E-state index in [0.717, 1.165) is 0 Å². The number of carbonyl (C=O) groups excluding carboxylic acids is 1. The van der Waals surface area contributed by atoms with Crippen LogP contribution in [-0.2, 0) is 20.2 Å². The quantitative estimate of drug-likeness (QED) is 0.434. The number of ether oxygens (including phenoxy) is 1. The molecule has 0 aromatic heterocycles. The van der Waals surface area contributed by atoms with Gasteiger partial charge < -0.3 is 9.84 Å². The largest absolute Gasteiger partial charge is 0.465 e. The Labute approximate surface area is 120 Å². The van der Waals surface area contributed by atoms with E-state index in [1.807, 2.05) is 0 Å². The normalized spacial score (nSPS) is 24.1. The summed E-state index contributed by atoms with van der Waals surface area (Å²) in [5.74, 6) is -6.16. The predicted octanol–water partition coefficient (Wildman–Crippen LogP) is 1.31. The summed E-state index contributed by atoms with van der Waals surface area (Å²) in [6.07, 6.45) is -0.664. The van der Waals surface area contributed by atoms with Crippen LogP contribution in [0.4, 0.5) is 17.6 Å². The summed E-state index contributed by atoms with van der Waals surface area (Å²) >= 11 is 0. The van der Waals surface area contributed by atoms with Gasteiger partial charge in [-0.05, 0) is 25.7 Å². The standard InChI is InChI=1S/C11H16F4O5S/c12-10(13,11(14,15)21(18)19)5-6-20-9(17)7-1-3-8(16)4-2-7/h7-8,16,21H,1-6H2. The van der Waals surface area contributed by atoms with Crippen molar-refractivity contribution < 1.29 is 40.6 Å². The Morgan fingerprint density at radius 3 is 2.14 bits per heavy atom. The topological polar surface area (TPSA) is 80.7 Å². The fourth-order valence-electron chi connectivity index (χ4n) is 1.99. The van der Waals surface area contributed by atoms with E-state index < -0.39 is 52.9 Å². The number of hydrogen-bond donors (Lipinski definition) is 2. The minimum atomic E-state index is -5.18. The molecule has 1 rings (SSSR count). The van der Waals surface area contributed by atoms with Gasteiger partial charge in [0.15, 0.2) is 0 Å². The molecule has 0 spiro atoms. The van der Waals surface area contributed by atoms with Crippen molar-refractivity contribution in [2.24, 2.45) is 5.92 Å². The monoisotopic (exact) mass is 336 g/mol. The molecule has 0 bridgehead atoms. The zero-order chi connectivity index (χ0) is 16.3. The fraction of sp³-hybridized carbons (Fsp3) is 0.909. The highest BCUT2D eigenvalue weighted by molar-refractivity contribution is 7.73. The van der Waals surface area contributed by atoms with Crippen LogP contribution >= 0.6 is 0 Å². The van der Waals surface area contributed by atoms with Gasteiger partial charge in [0.1, 0.15) is 0 Å². The summed E-state index contributed by atoms with van der Waals surface area (Å²) in [5.41, 5.74) is 0. The van der Waals surface area contributed by atoms with Crippen molar-refractivity contribution in [1.82, 2.24) is 0 Å². The molecule has 1 aliphatic rings. The average molecular weight is 336 g/mol. The molecule has 1 saturated carbocycles. The first kappa shape index (κ1) is 18.1. The molecule has 0 unspecified atom stereocenters. The van der Waals surface area contributed by atoms with Crippen LogP contribution in [0.1, 0.15) is 32.1 Å². The van der Waals surface area contributed by atoms with Crippen LogP contribution in [0.2, 0.25) is 0 Å². The second-order valence-electron chi connectivity index (χ2n) is 4.93. The van der Waals surface area contributed by atoms with E-state index in [1.165, 1.54) is 0 Å². The van der Waals surface area contributed by atoms with Gasteiger partial charge in [0, 0.05) is 0 Å². The Bertz CT molecular complexity index is 436. The van der Waals surface area contributed by atoms with E-state index in [1.54, 1.807) is 0 Å². The smallest absolute Gasteiger partial charge is 0.404 e. The first-order chi connectivity index (χ1) is 9.58. The van der Waals surface area contributed by atoms with Crippen molar-refractivity contribution in [3.8, 4) is 0 Å². The van der Waals surface area contributed by atoms with Gasteiger partial charge >= 0.3 is 17.1 Å². The molecule has 0 aliphatic heterocycles. The van der Waals surface area contributed by atoms with E-state index in [2.05, 4.69) is 4.74 Å². The molecule has 21 heavy (non-hydrogen) atoms. The number of esters is 1. The Morgan fingerprint density at radius 1 is 1.14 bits per heavy atom. The second-order valence-corrected chi connectivity index (χ2v) is 6.00. The molecule has 0 aromatic carbocycles. The van der Waals surface area contributed by atoms with Gasteiger partial charge in [-0.1, -0.05) is 0 Å². The third-order valence-corrected chi connectivity index (χ3v) is 4.15. The predicted molar refractivity (Wildman–Crippen MR) is 63.7 cm³/mol. The first-order valence-corrected chi connectivity index (χ1v) is 7.50. The lowest BCUT2D eigenvalue weighted by Gasteiger charge is -2.25. The molecular weight excluding hydrogens is 320 g/mol. The molecule has 0 heterocycles. The highest BCUT2D eigenvalue weighted by Gasteiger charge is 2.59. The summed E-state index contributed by atoms with van der Waals surface area (Å²) < 4.78 is 76.3. The maximum atomic E-state index is 13.0. The lowest BCUT2D eigenvalue weighted by atomic mass is 9.87. The molecule has 10 heteroatoms. The number of aliphatic hydroxyl groups excluding tert-OH is 1. The van der Waals surface area contributed by atoms with Crippen molar-refractivity contribution in [2.75, 3.05) is 6.61 Å². The number of thiol groups is 1. The molecule has 1 aliphatic carbocycles. The van der Waals surface area contributed by atoms with E-state index in [9.17, 15) is 35.9 Å². The zero-order valence-electron chi connectivity index (χ0n) is 10.9. The van der Waals surface area contributed by atoms with Crippen molar-refractivity contribution in [2.45, 2.75) is 49.4 Å². The van der Waals surface area contributed by atoms with Crippen LogP contribution in [-0.4, -0.2) is 43.4 Å². The third kappa shape index (κ3) is 4.53. The Morgan fingerprint density at radius 2 is 1.67 bits per heavy atom. The molecule has 0 radical (unpaired) electrons. The molecule has 1 fully saturated rings. The average Bonchev–Trinajstić information content (AvgIpc) is 2.38. The summed E-state index contributed by atoms with van der Waals surface area (Å²) in [4.78, 5) is 11.5. The number of alkyl halides is 4. The summed E-state index contributed by atoms with van der Waals surface area (Å²) in [5, 5.41) is 4.06. The number of aliphatic hydroxyl groups is 1. The molecule has 5 nitrogen and oxygen atoms in total. The summed E-state index contributed by atoms with van der Waals surface area (Å²) in [6.45, 7) is -0.996. The van der Waals surface area contributed by atoms with Gasteiger partial charge in [-0.25, -0.2) is 8.42 Å². The minimum Gasteiger partial charge on any atom is -0.465 e. The number of halogens is 4. The first-order valence-electron chi connectivity index (χ1n) is 6.33. The zero-order valence-corrected chi connectivity index (χ0v) is 11.8. The molecule has 0 saturated heterocycles. The summed E-state index contributed by atoms with van der Waals surface area (Å²) in [6, 6.07) is 0. The molecule has 0 atom stereocenters. The van der Waals surface area contributed by atoms with Crippen LogP contribution in [0.15, 0.2) is 0 Å². The van der Waals surface area contributed by atoms with Gasteiger partial charge in [-0.15, -0.1) is 0 Å². The van der Waals surface area contributed by atoms with E-state index in [0.29, 0.717) is 25.7 Å². The highest BCUT2D eigenvalue weighted by Crippen LogP contribution is 2.37. The SMILES string of the molecule is O=C(OCCC(F)(F)C(F)(F)[SH](=O)=O)C1CCC(O)CC1. The lowest BCUT2D eigenvalue weighted by Crippen LogP contribution is -2.42. The Kier molecular flexibility index (Phi) is 5.97. The van der Waals surface area contributed by atoms with Crippen molar-refractivity contribution in [1.29, 1.82) is 0 Å². The summed E-state index contributed by atoms with van der Waals surface area (Å²) in [7, 11) is -4.63. The lowest BCUT2D eigenvalue weighted by molar-refractivity contribution is -0.173. The second kappa shape index (κ2) is 6.91. The van der Waals surface area contributed by atoms with Crippen LogP contribution < -0.4 is 0 Å². The molecule has 0 aromatic rings. The van der Waals surface area contributed by atoms with Crippen LogP contribution in [0.3, 0.4) is 0 Å². The molecule has 124 valence electrons. The van der Waals surface area contributed by atoms with E-state index in [4.69, 9.17) is 0 Å². The number of rotatable bonds is 6. The Hall–Kier alpha value is -0.900. The molecule has 0 amide bonds. The Balaban J connectivity index is 2.44. The van der Waals surface area contributed by atoms with Crippen molar-refractivity contribution in [3.63, 3.8) is 0 Å². The third-order valence-electron chi connectivity index (χ3n) is 3.36. The minimum absolute atomic E-state index is 0.332.